The SMILES string of the molecule is O[C@H]1CNCC[C@@H]1CNc1cc(NCc2ccc(-c3ccccc3)cc2)n2ncc(Cl)c2n1. The van der Waals surface area contributed by atoms with Gasteiger partial charge in [0.1, 0.15) is 16.7 Å². The highest BCUT2D eigenvalue weighted by molar-refractivity contribution is 6.33. The zero-order valence-corrected chi connectivity index (χ0v) is 19.0. The van der Waals surface area contributed by atoms with Crippen molar-refractivity contribution in [2.24, 2.45) is 5.92 Å². The van der Waals surface area contributed by atoms with Crippen LogP contribution in [-0.2, 0) is 6.54 Å². The monoisotopic (exact) mass is 462 g/mol. The number of benzene rings is 2. The number of fused-ring (bicyclic) bond motifs is 1. The van der Waals surface area contributed by atoms with E-state index in [1.807, 2.05) is 24.3 Å². The fourth-order valence-electron chi connectivity index (χ4n) is 4.16. The van der Waals surface area contributed by atoms with Crippen LogP contribution in [0.1, 0.15) is 12.0 Å². The predicted octanol–water partition coefficient (Wildman–Crippen LogP) is 4.04. The van der Waals surface area contributed by atoms with Crippen LogP contribution < -0.4 is 16.0 Å². The van der Waals surface area contributed by atoms with Gasteiger partial charge in [-0.05, 0) is 29.7 Å². The number of rotatable bonds is 7. The van der Waals surface area contributed by atoms with Gasteiger partial charge in [-0.25, -0.2) is 4.98 Å². The van der Waals surface area contributed by atoms with Crippen LogP contribution in [0.3, 0.4) is 0 Å². The third kappa shape index (κ3) is 4.95. The van der Waals surface area contributed by atoms with Gasteiger partial charge in [0.05, 0.1) is 12.3 Å². The third-order valence-corrected chi connectivity index (χ3v) is 6.36. The van der Waals surface area contributed by atoms with Crippen molar-refractivity contribution in [2.45, 2.75) is 19.1 Å². The van der Waals surface area contributed by atoms with E-state index in [0.29, 0.717) is 36.1 Å². The maximum absolute atomic E-state index is 10.2. The molecule has 4 aromatic rings. The van der Waals surface area contributed by atoms with Crippen LogP contribution in [0.4, 0.5) is 11.6 Å². The highest BCUT2D eigenvalue weighted by Crippen LogP contribution is 2.24. The molecule has 0 radical (unpaired) electrons. The Kier molecular flexibility index (Phi) is 6.44. The van der Waals surface area contributed by atoms with Gasteiger partial charge in [-0.3, -0.25) is 0 Å². The van der Waals surface area contributed by atoms with Crippen molar-refractivity contribution in [1.29, 1.82) is 0 Å². The minimum absolute atomic E-state index is 0.184. The number of nitrogens with one attached hydrogen (secondary N) is 3. The Morgan fingerprint density at radius 2 is 1.85 bits per heavy atom. The first kappa shape index (κ1) is 21.7. The number of anilines is 2. The molecule has 4 N–H and O–H groups in total. The molecule has 2 aromatic carbocycles. The molecule has 2 aromatic heterocycles. The normalized spacial score (nSPS) is 18.4. The van der Waals surface area contributed by atoms with E-state index in [1.54, 1.807) is 10.7 Å². The number of hydrogen-bond acceptors (Lipinski definition) is 6. The minimum atomic E-state index is -0.356. The van der Waals surface area contributed by atoms with E-state index in [4.69, 9.17) is 11.6 Å². The lowest BCUT2D eigenvalue weighted by molar-refractivity contribution is 0.0883. The first-order valence-electron chi connectivity index (χ1n) is 11.2. The molecule has 0 saturated carbocycles. The second-order valence-electron chi connectivity index (χ2n) is 8.37. The summed E-state index contributed by atoms with van der Waals surface area (Å²) in [5, 5.41) is 25.1. The first-order chi connectivity index (χ1) is 16.2. The molecule has 1 aliphatic rings. The van der Waals surface area contributed by atoms with Crippen LogP contribution in [0.5, 0.6) is 0 Å². The van der Waals surface area contributed by atoms with Gasteiger partial charge in [0, 0.05) is 31.6 Å². The van der Waals surface area contributed by atoms with Crippen molar-refractivity contribution in [3.05, 3.63) is 77.4 Å². The molecule has 1 fully saturated rings. The number of halogens is 1. The number of piperidine rings is 1. The van der Waals surface area contributed by atoms with Gasteiger partial charge < -0.3 is 21.1 Å². The molecule has 170 valence electrons. The quantitative estimate of drug-likeness (QED) is 0.331. The molecule has 1 saturated heterocycles. The van der Waals surface area contributed by atoms with E-state index in [-0.39, 0.29) is 12.0 Å². The van der Waals surface area contributed by atoms with Gasteiger partial charge in [0.15, 0.2) is 5.65 Å². The molecule has 0 unspecified atom stereocenters. The second-order valence-corrected chi connectivity index (χ2v) is 8.78. The number of nitrogens with zero attached hydrogens (tertiary/aromatic N) is 3. The highest BCUT2D eigenvalue weighted by atomic mass is 35.5. The number of β-amino-alcohol motifs (C(OH)–C–C–N with tert-alkyl or cyclic N) is 1. The molecule has 0 bridgehead atoms. The Morgan fingerprint density at radius 3 is 2.64 bits per heavy atom. The van der Waals surface area contributed by atoms with Crippen LogP contribution in [0.25, 0.3) is 16.8 Å². The Balaban J connectivity index is 1.31. The summed E-state index contributed by atoms with van der Waals surface area (Å²) in [7, 11) is 0. The second kappa shape index (κ2) is 9.79. The van der Waals surface area contributed by atoms with E-state index >= 15 is 0 Å². The summed E-state index contributed by atoms with van der Waals surface area (Å²) in [6.45, 7) is 2.83. The summed E-state index contributed by atoms with van der Waals surface area (Å²) < 4.78 is 1.71. The van der Waals surface area contributed by atoms with Crippen LogP contribution in [0.15, 0.2) is 66.9 Å². The molecule has 1 aliphatic heterocycles. The lowest BCUT2D eigenvalue weighted by Crippen LogP contribution is -2.43. The maximum atomic E-state index is 10.2. The first-order valence-corrected chi connectivity index (χ1v) is 11.6. The van der Waals surface area contributed by atoms with Gasteiger partial charge in [-0.15, -0.1) is 0 Å². The molecule has 0 aliphatic carbocycles. The van der Waals surface area contributed by atoms with Crippen LogP contribution >= 0.6 is 11.6 Å². The van der Waals surface area contributed by atoms with Gasteiger partial charge in [0.25, 0.3) is 0 Å². The van der Waals surface area contributed by atoms with E-state index in [9.17, 15) is 5.11 Å². The molecule has 0 spiro atoms. The fourth-order valence-corrected chi connectivity index (χ4v) is 4.33. The highest BCUT2D eigenvalue weighted by Gasteiger charge is 2.22. The minimum Gasteiger partial charge on any atom is -0.391 e. The summed E-state index contributed by atoms with van der Waals surface area (Å²) in [4.78, 5) is 4.63. The van der Waals surface area contributed by atoms with E-state index in [0.717, 1.165) is 24.3 Å². The zero-order chi connectivity index (χ0) is 22.6. The van der Waals surface area contributed by atoms with Crippen molar-refractivity contribution in [3.8, 4) is 11.1 Å². The Morgan fingerprint density at radius 1 is 1.06 bits per heavy atom. The van der Waals surface area contributed by atoms with Crippen molar-refractivity contribution in [2.75, 3.05) is 30.3 Å². The van der Waals surface area contributed by atoms with E-state index in [2.05, 4.69) is 62.4 Å². The smallest absolute Gasteiger partial charge is 0.178 e. The van der Waals surface area contributed by atoms with Gasteiger partial charge >= 0.3 is 0 Å². The summed E-state index contributed by atoms with van der Waals surface area (Å²) in [6, 6.07) is 20.8. The third-order valence-electron chi connectivity index (χ3n) is 6.10. The van der Waals surface area contributed by atoms with Crippen molar-refractivity contribution < 1.29 is 5.11 Å². The van der Waals surface area contributed by atoms with E-state index < -0.39 is 0 Å². The van der Waals surface area contributed by atoms with Gasteiger partial charge in [-0.2, -0.15) is 9.61 Å². The van der Waals surface area contributed by atoms with E-state index in [1.165, 1.54) is 11.1 Å². The molecular formula is C25H27ClN6O. The standard InChI is InChI=1S/C25H27ClN6O/c26-21-15-30-32-24(12-23(31-25(21)32)28-14-20-10-11-27-16-22(20)33)29-13-17-6-8-19(9-7-17)18-4-2-1-3-5-18/h1-9,12,15,20,22,27,29,33H,10-11,13-14,16H2,(H,28,31)/t20-,22+/m1/s1. The lowest BCUT2D eigenvalue weighted by atomic mass is 9.95. The fraction of sp³-hybridized carbons (Fsp3) is 0.280. The molecular weight excluding hydrogens is 436 g/mol. The number of hydrogen-bond donors (Lipinski definition) is 4. The van der Waals surface area contributed by atoms with Gasteiger partial charge in [-0.1, -0.05) is 66.2 Å². The molecule has 33 heavy (non-hydrogen) atoms. The average Bonchev–Trinajstić information content (AvgIpc) is 3.23. The topological polar surface area (TPSA) is 86.5 Å². The summed E-state index contributed by atoms with van der Waals surface area (Å²) in [5.74, 6) is 1.69. The van der Waals surface area contributed by atoms with Crippen LogP contribution in [-0.4, -0.2) is 45.4 Å². The predicted molar refractivity (Wildman–Crippen MR) is 133 cm³/mol. The molecule has 7 nitrogen and oxygen atoms in total. The molecule has 8 heteroatoms. The van der Waals surface area contributed by atoms with Crippen LogP contribution in [0.2, 0.25) is 5.02 Å². The Hall–Kier alpha value is -3.13. The molecule has 2 atom stereocenters. The maximum Gasteiger partial charge on any atom is 0.178 e. The lowest BCUT2D eigenvalue weighted by Gasteiger charge is -2.28. The largest absolute Gasteiger partial charge is 0.391 e. The van der Waals surface area contributed by atoms with Crippen molar-refractivity contribution in [3.63, 3.8) is 0 Å². The average molecular weight is 463 g/mol. The Bertz CT molecular complexity index is 1210. The summed E-state index contributed by atoms with van der Waals surface area (Å²) in [6.07, 6.45) is 2.17. The number of aliphatic hydroxyl groups excluding tert-OH is 1. The van der Waals surface area contributed by atoms with Gasteiger partial charge in [0.2, 0.25) is 0 Å². The van der Waals surface area contributed by atoms with Crippen molar-refractivity contribution >= 4 is 28.9 Å². The van der Waals surface area contributed by atoms with Crippen LogP contribution in [0, 0.1) is 5.92 Å². The summed E-state index contributed by atoms with van der Waals surface area (Å²) >= 11 is 6.33. The summed E-state index contributed by atoms with van der Waals surface area (Å²) in [5.41, 5.74) is 4.14. The van der Waals surface area contributed by atoms with Crippen molar-refractivity contribution in [1.82, 2.24) is 19.9 Å². The molecule has 0 amide bonds. The molecule has 5 rings (SSSR count). The zero-order valence-electron chi connectivity index (χ0n) is 18.2. The Labute approximate surface area is 197 Å². The number of aliphatic hydroxyl groups is 1. The molecule has 3 heterocycles. The number of aromatic nitrogens is 3.